The lowest BCUT2D eigenvalue weighted by atomic mass is 10.2. The molecule has 1 amide bonds. The molecular weight excluding hydrogens is 413 g/mol. The van der Waals surface area contributed by atoms with E-state index in [1.807, 2.05) is 0 Å². The number of benzene rings is 2. The van der Waals surface area contributed by atoms with Crippen LogP contribution in [0.1, 0.15) is 5.56 Å². The molecule has 0 aromatic heterocycles. The lowest BCUT2D eigenvalue weighted by molar-refractivity contribution is -0.119. The van der Waals surface area contributed by atoms with Crippen molar-refractivity contribution in [3.63, 3.8) is 0 Å². The van der Waals surface area contributed by atoms with E-state index in [2.05, 4.69) is 5.32 Å². The van der Waals surface area contributed by atoms with Crippen LogP contribution in [0.3, 0.4) is 0 Å². The number of amides is 1. The van der Waals surface area contributed by atoms with E-state index in [1.54, 1.807) is 18.2 Å². The Morgan fingerprint density at radius 3 is 2.43 bits per heavy atom. The first-order valence-electron chi connectivity index (χ1n) is 8.19. The third-order valence-corrected chi connectivity index (χ3v) is 5.81. The average molecular weight is 432 g/mol. The lowest BCUT2D eigenvalue weighted by Gasteiger charge is -2.22. The van der Waals surface area contributed by atoms with Crippen molar-refractivity contribution in [2.75, 3.05) is 29.4 Å². The molecule has 0 saturated heterocycles. The molecule has 0 aliphatic carbocycles. The molecule has 0 aliphatic rings. The SMILES string of the molecule is CS(=O)(=O)N(CC(=O)NCCSCc1ccccc1F)c1ccc(F)c(F)c1. The van der Waals surface area contributed by atoms with Crippen LogP contribution < -0.4 is 9.62 Å². The molecule has 1 N–H and O–H groups in total. The Hall–Kier alpha value is -2.20. The topological polar surface area (TPSA) is 66.5 Å². The second kappa shape index (κ2) is 9.83. The van der Waals surface area contributed by atoms with Gasteiger partial charge in [-0.1, -0.05) is 18.2 Å². The van der Waals surface area contributed by atoms with Gasteiger partial charge in [0, 0.05) is 24.1 Å². The molecule has 0 aliphatic heterocycles. The molecular formula is C18H19F3N2O3S2. The van der Waals surface area contributed by atoms with E-state index >= 15 is 0 Å². The maximum absolute atomic E-state index is 13.5. The second-order valence-corrected chi connectivity index (χ2v) is 8.87. The Kier molecular flexibility index (Phi) is 7.76. The van der Waals surface area contributed by atoms with E-state index in [-0.39, 0.29) is 18.0 Å². The van der Waals surface area contributed by atoms with E-state index in [9.17, 15) is 26.4 Å². The zero-order valence-corrected chi connectivity index (χ0v) is 16.6. The third kappa shape index (κ3) is 6.45. The minimum atomic E-state index is -3.88. The van der Waals surface area contributed by atoms with Crippen molar-refractivity contribution in [3.8, 4) is 0 Å². The minimum Gasteiger partial charge on any atom is -0.354 e. The number of hydrogen-bond acceptors (Lipinski definition) is 4. The molecule has 0 unspecified atom stereocenters. The monoisotopic (exact) mass is 432 g/mol. The predicted molar refractivity (Wildman–Crippen MR) is 104 cm³/mol. The Morgan fingerprint density at radius 1 is 1.07 bits per heavy atom. The smallest absolute Gasteiger partial charge is 0.240 e. The first kappa shape index (κ1) is 22.1. The number of carbonyl (C=O) groups excluding carboxylic acids is 1. The number of carbonyl (C=O) groups is 1. The van der Waals surface area contributed by atoms with Crippen molar-refractivity contribution in [2.24, 2.45) is 0 Å². The van der Waals surface area contributed by atoms with Crippen LogP contribution in [0.4, 0.5) is 18.9 Å². The quantitative estimate of drug-likeness (QED) is 0.619. The highest BCUT2D eigenvalue weighted by Gasteiger charge is 2.21. The van der Waals surface area contributed by atoms with Crippen LogP contribution in [0, 0.1) is 17.5 Å². The zero-order valence-electron chi connectivity index (χ0n) is 15.0. The van der Waals surface area contributed by atoms with Crippen molar-refractivity contribution in [3.05, 3.63) is 65.5 Å². The molecule has 10 heteroatoms. The van der Waals surface area contributed by atoms with Gasteiger partial charge in [0.2, 0.25) is 15.9 Å². The molecule has 0 heterocycles. The van der Waals surface area contributed by atoms with E-state index in [4.69, 9.17) is 0 Å². The summed E-state index contributed by atoms with van der Waals surface area (Å²) in [4.78, 5) is 12.1. The van der Waals surface area contributed by atoms with Gasteiger partial charge in [-0.25, -0.2) is 21.6 Å². The highest BCUT2D eigenvalue weighted by atomic mass is 32.2. The summed E-state index contributed by atoms with van der Waals surface area (Å²) < 4.78 is 64.5. The molecule has 0 atom stereocenters. The minimum absolute atomic E-state index is 0.148. The first-order valence-corrected chi connectivity index (χ1v) is 11.2. The first-order chi connectivity index (χ1) is 13.2. The van der Waals surface area contributed by atoms with E-state index in [0.717, 1.165) is 18.4 Å². The normalized spacial score (nSPS) is 11.3. The summed E-state index contributed by atoms with van der Waals surface area (Å²) in [6.07, 6.45) is 0.867. The van der Waals surface area contributed by atoms with Gasteiger partial charge in [-0.05, 0) is 23.8 Å². The van der Waals surface area contributed by atoms with Gasteiger partial charge in [0.1, 0.15) is 12.4 Å². The molecule has 28 heavy (non-hydrogen) atoms. The molecule has 2 aromatic carbocycles. The van der Waals surface area contributed by atoms with Gasteiger partial charge >= 0.3 is 0 Å². The third-order valence-electron chi connectivity index (χ3n) is 3.66. The number of rotatable bonds is 9. The summed E-state index contributed by atoms with van der Waals surface area (Å²) in [5, 5.41) is 2.55. The molecule has 0 bridgehead atoms. The van der Waals surface area contributed by atoms with Gasteiger partial charge in [0.15, 0.2) is 11.6 Å². The molecule has 2 aromatic rings. The molecule has 5 nitrogen and oxygen atoms in total. The molecule has 0 radical (unpaired) electrons. The molecule has 2 rings (SSSR count). The van der Waals surface area contributed by atoms with Crippen molar-refractivity contribution in [1.29, 1.82) is 0 Å². The molecule has 0 spiro atoms. The molecule has 0 fully saturated rings. The van der Waals surface area contributed by atoms with Crippen LogP contribution >= 0.6 is 11.8 Å². The number of nitrogens with zero attached hydrogens (tertiary/aromatic N) is 1. The fourth-order valence-electron chi connectivity index (χ4n) is 2.29. The summed E-state index contributed by atoms with van der Waals surface area (Å²) >= 11 is 1.41. The van der Waals surface area contributed by atoms with Gasteiger partial charge in [0.25, 0.3) is 0 Å². The van der Waals surface area contributed by atoms with Crippen molar-refractivity contribution in [2.45, 2.75) is 5.75 Å². The molecule has 152 valence electrons. The van der Waals surface area contributed by atoms with Gasteiger partial charge in [-0.15, -0.1) is 0 Å². The van der Waals surface area contributed by atoms with Gasteiger partial charge < -0.3 is 5.32 Å². The Bertz CT molecular complexity index is 939. The van der Waals surface area contributed by atoms with Gasteiger partial charge in [0.05, 0.1) is 11.9 Å². The van der Waals surface area contributed by atoms with Crippen LogP contribution in [-0.2, 0) is 20.6 Å². The predicted octanol–water partition coefficient (Wildman–Crippen LogP) is 2.92. The number of anilines is 1. The standard InChI is InChI=1S/C18H19F3N2O3S2/c1-28(25,26)23(14-6-7-16(20)17(21)10-14)11-18(24)22-8-9-27-12-13-4-2-3-5-15(13)19/h2-7,10H,8-9,11-12H2,1H3,(H,22,24). The Balaban J connectivity index is 1.86. The van der Waals surface area contributed by atoms with Crippen LogP contribution in [0.2, 0.25) is 0 Å². The van der Waals surface area contributed by atoms with Crippen molar-refractivity contribution < 1.29 is 26.4 Å². The van der Waals surface area contributed by atoms with E-state index in [0.29, 0.717) is 27.4 Å². The highest BCUT2D eigenvalue weighted by Crippen LogP contribution is 2.20. The number of halogens is 3. The Labute approximate surface area is 166 Å². The van der Waals surface area contributed by atoms with Gasteiger partial charge in [-0.2, -0.15) is 11.8 Å². The largest absolute Gasteiger partial charge is 0.354 e. The van der Waals surface area contributed by atoms with Crippen LogP contribution in [0.25, 0.3) is 0 Å². The van der Waals surface area contributed by atoms with Gasteiger partial charge in [-0.3, -0.25) is 9.10 Å². The van der Waals surface area contributed by atoms with Crippen molar-refractivity contribution >= 4 is 33.4 Å². The van der Waals surface area contributed by atoms with Crippen LogP contribution in [0.5, 0.6) is 0 Å². The maximum atomic E-state index is 13.5. The summed E-state index contributed by atoms with van der Waals surface area (Å²) in [6.45, 7) is -0.324. The highest BCUT2D eigenvalue weighted by molar-refractivity contribution is 7.98. The summed E-state index contributed by atoms with van der Waals surface area (Å²) in [5.74, 6) is -2.29. The van der Waals surface area contributed by atoms with Crippen LogP contribution in [-0.4, -0.2) is 39.4 Å². The number of thioether (sulfide) groups is 1. The fraction of sp³-hybridized carbons (Fsp3) is 0.278. The number of nitrogens with one attached hydrogen (secondary N) is 1. The van der Waals surface area contributed by atoms with Crippen LogP contribution in [0.15, 0.2) is 42.5 Å². The van der Waals surface area contributed by atoms with E-state index in [1.165, 1.54) is 17.8 Å². The Morgan fingerprint density at radius 2 is 1.79 bits per heavy atom. The second-order valence-electron chi connectivity index (χ2n) is 5.86. The summed E-state index contributed by atoms with van der Waals surface area (Å²) in [6, 6.07) is 8.97. The zero-order chi connectivity index (χ0) is 20.7. The van der Waals surface area contributed by atoms with Crippen molar-refractivity contribution in [1.82, 2.24) is 5.32 Å². The van der Waals surface area contributed by atoms with E-state index < -0.39 is 34.1 Å². The average Bonchev–Trinajstić information content (AvgIpc) is 2.62. The number of hydrogen-bond donors (Lipinski definition) is 1. The maximum Gasteiger partial charge on any atom is 0.240 e. The number of sulfonamides is 1. The summed E-state index contributed by atoms with van der Waals surface area (Å²) in [7, 11) is -3.88. The lowest BCUT2D eigenvalue weighted by Crippen LogP contribution is -2.41. The summed E-state index contributed by atoms with van der Waals surface area (Å²) in [5.41, 5.74) is 0.408. The fourth-order valence-corrected chi connectivity index (χ4v) is 3.98. The molecule has 0 saturated carbocycles.